The Labute approximate surface area is 126 Å². The number of hydrogen-bond acceptors (Lipinski definition) is 4. The van der Waals surface area contributed by atoms with Gasteiger partial charge < -0.3 is 15.0 Å². The number of rotatable bonds is 5. The number of nitrogens with one attached hydrogen (secondary N) is 1. The second-order valence-electron chi connectivity index (χ2n) is 5.79. The fourth-order valence-corrected chi connectivity index (χ4v) is 2.47. The molecule has 1 N–H and O–H groups in total. The number of aromatic nitrogens is 1. The largest absolute Gasteiger partial charge is 0.375 e. The second kappa shape index (κ2) is 7.25. The van der Waals surface area contributed by atoms with E-state index in [0.29, 0.717) is 5.92 Å². The Kier molecular flexibility index (Phi) is 5.64. The molecule has 0 bridgehead atoms. The fourth-order valence-electron chi connectivity index (χ4n) is 2.30. The summed E-state index contributed by atoms with van der Waals surface area (Å²) in [6.07, 6.45) is 2.01. The van der Waals surface area contributed by atoms with Crippen molar-refractivity contribution in [1.29, 1.82) is 0 Å². The Hall–Kier alpha value is -0.840. The minimum Gasteiger partial charge on any atom is -0.375 e. The van der Waals surface area contributed by atoms with Crippen LogP contribution in [0.2, 0.25) is 5.02 Å². The number of morpholine rings is 1. The molecule has 20 heavy (non-hydrogen) atoms. The number of halogens is 1. The second-order valence-corrected chi connectivity index (χ2v) is 6.19. The molecular formula is C15H24ClN3O. The van der Waals surface area contributed by atoms with Gasteiger partial charge in [-0.3, -0.25) is 0 Å². The molecular weight excluding hydrogens is 274 g/mol. The van der Waals surface area contributed by atoms with Crippen molar-refractivity contribution in [2.24, 2.45) is 5.92 Å². The molecule has 0 aliphatic carbocycles. The lowest BCUT2D eigenvalue weighted by atomic mass is 10.2. The zero-order valence-corrected chi connectivity index (χ0v) is 13.3. The normalized spacial score (nSPS) is 19.6. The van der Waals surface area contributed by atoms with Crippen molar-refractivity contribution in [1.82, 2.24) is 10.3 Å². The molecule has 1 saturated heterocycles. The van der Waals surface area contributed by atoms with Gasteiger partial charge in [-0.05, 0) is 31.0 Å². The zero-order chi connectivity index (χ0) is 14.5. The average Bonchev–Trinajstić information content (AvgIpc) is 2.40. The van der Waals surface area contributed by atoms with Gasteiger partial charge in [0, 0.05) is 25.8 Å². The van der Waals surface area contributed by atoms with Gasteiger partial charge >= 0.3 is 0 Å². The minimum absolute atomic E-state index is 0.253. The molecule has 0 saturated carbocycles. The molecule has 0 spiro atoms. The van der Waals surface area contributed by atoms with Crippen LogP contribution in [0, 0.1) is 5.92 Å². The SMILES string of the molecule is CC(C)CNCc1cc(N2CCOC(C)C2)ncc1Cl. The molecule has 1 fully saturated rings. The fraction of sp³-hybridized carbons (Fsp3) is 0.667. The Morgan fingerprint density at radius 2 is 2.35 bits per heavy atom. The monoisotopic (exact) mass is 297 g/mol. The van der Waals surface area contributed by atoms with Gasteiger partial charge in [0.15, 0.2) is 0 Å². The van der Waals surface area contributed by atoms with Gasteiger partial charge in [-0.25, -0.2) is 4.98 Å². The molecule has 0 amide bonds. The molecule has 2 rings (SSSR count). The number of anilines is 1. The topological polar surface area (TPSA) is 37.4 Å². The quantitative estimate of drug-likeness (QED) is 0.907. The first-order valence-corrected chi connectivity index (χ1v) is 7.65. The summed E-state index contributed by atoms with van der Waals surface area (Å²) < 4.78 is 5.57. The van der Waals surface area contributed by atoms with Crippen LogP contribution in [0.25, 0.3) is 0 Å². The van der Waals surface area contributed by atoms with E-state index in [2.05, 4.69) is 42.0 Å². The van der Waals surface area contributed by atoms with Crippen molar-refractivity contribution >= 4 is 17.4 Å². The lowest BCUT2D eigenvalue weighted by Crippen LogP contribution is -2.41. The van der Waals surface area contributed by atoms with Gasteiger partial charge in [0.1, 0.15) is 5.82 Å². The summed E-state index contributed by atoms with van der Waals surface area (Å²) in [5.74, 6) is 1.63. The van der Waals surface area contributed by atoms with Crippen molar-refractivity contribution in [3.05, 3.63) is 22.8 Å². The standard InChI is InChI=1S/C15H24ClN3O/c1-11(2)7-17-8-13-6-15(18-9-14(13)16)19-4-5-20-12(3)10-19/h6,9,11-12,17H,4-5,7-8,10H2,1-3H3. The molecule has 0 radical (unpaired) electrons. The molecule has 2 heterocycles. The molecule has 112 valence electrons. The summed E-state index contributed by atoms with van der Waals surface area (Å²) in [5.41, 5.74) is 1.11. The third-order valence-electron chi connectivity index (χ3n) is 3.35. The maximum atomic E-state index is 6.23. The van der Waals surface area contributed by atoms with Gasteiger partial charge in [-0.1, -0.05) is 25.4 Å². The van der Waals surface area contributed by atoms with Crippen LogP contribution in [0.15, 0.2) is 12.3 Å². The molecule has 0 aromatic carbocycles. The van der Waals surface area contributed by atoms with Crippen molar-refractivity contribution in [3.8, 4) is 0 Å². The van der Waals surface area contributed by atoms with Crippen molar-refractivity contribution in [3.63, 3.8) is 0 Å². The molecule has 5 heteroatoms. The predicted molar refractivity (Wildman–Crippen MR) is 83.4 cm³/mol. The summed E-state index contributed by atoms with van der Waals surface area (Å²) in [7, 11) is 0. The van der Waals surface area contributed by atoms with E-state index in [1.54, 1.807) is 6.20 Å². The third kappa shape index (κ3) is 4.33. The van der Waals surface area contributed by atoms with E-state index in [1.165, 1.54) is 0 Å². The molecule has 1 aromatic rings. The summed E-state index contributed by atoms with van der Waals surface area (Å²) in [5, 5.41) is 4.15. The summed E-state index contributed by atoms with van der Waals surface area (Å²) >= 11 is 6.23. The molecule has 1 aliphatic rings. The zero-order valence-electron chi connectivity index (χ0n) is 12.5. The van der Waals surface area contributed by atoms with Crippen LogP contribution in [0.5, 0.6) is 0 Å². The van der Waals surface area contributed by atoms with Crippen LogP contribution in [-0.4, -0.2) is 37.3 Å². The number of hydrogen-bond donors (Lipinski definition) is 1. The Morgan fingerprint density at radius 3 is 3.05 bits per heavy atom. The Balaban J connectivity index is 2.03. The first-order valence-electron chi connectivity index (χ1n) is 7.28. The van der Waals surface area contributed by atoms with Crippen LogP contribution in [-0.2, 0) is 11.3 Å². The van der Waals surface area contributed by atoms with E-state index < -0.39 is 0 Å². The summed E-state index contributed by atoms with van der Waals surface area (Å²) in [6.45, 7) is 10.8. The van der Waals surface area contributed by atoms with E-state index in [9.17, 15) is 0 Å². The smallest absolute Gasteiger partial charge is 0.129 e. The van der Waals surface area contributed by atoms with E-state index in [1.807, 2.05) is 0 Å². The van der Waals surface area contributed by atoms with Gasteiger partial charge in [-0.2, -0.15) is 0 Å². The van der Waals surface area contributed by atoms with Crippen LogP contribution in [0.3, 0.4) is 0 Å². The average molecular weight is 298 g/mol. The lowest BCUT2D eigenvalue weighted by molar-refractivity contribution is 0.0529. The highest BCUT2D eigenvalue weighted by molar-refractivity contribution is 6.31. The van der Waals surface area contributed by atoms with Gasteiger partial charge in [0.2, 0.25) is 0 Å². The molecule has 1 aromatic heterocycles. The lowest BCUT2D eigenvalue weighted by Gasteiger charge is -2.32. The van der Waals surface area contributed by atoms with E-state index >= 15 is 0 Å². The van der Waals surface area contributed by atoms with Crippen LogP contribution in [0.4, 0.5) is 5.82 Å². The summed E-state index contributed by atoms with van der Waals surface area (Å²) in [4.78, 5) is 6.71. The Morgan fingerprint density at radius 1 is 1.55 bits per heavy atom. The molecule has 1 aliphatic heterocycles. The number of ether oxygens (including phenoxy) is 1. The highest BCUT2D eigenvalue weighted by atomic mass is 35.5. The first-order chi connectivity index (χ1) is 9.56. The van der Waals surface area contributed by atoms with Crippen molar-refractivity contribution < 1.29 is 4.74 Å². The first kappa shape index (κ1) is 15.5. The van der Waals surface area contributed by atoms with E-state index in [0.717, 1.165) is 49.2 Å². The Bertz CT molecular complexity index is 439. The highest BCUT2D eigenvalue weighted by Crippen LogP contribution is 2.22. The highest BCUT2D eigenvalue weighted by Gasteiger charge is 2.18. The van der Waals surface area contributed by atoms with Crippen molar-refractivity contribution in [2.75, 3.05) is 31.1 Å². The van der Waals surface area contributed by atoms with E-state index in [4.69, 9.17) is 16.3 Å². The van der Waals surface area contributed by atoms with Gasteiger partial charge in [-0.15, -0.1) is 0 Å². The van der Waals surface area contributed by atoms with Crippen LogP contribution < -0.4 is 10.2 Å². The maximum Gasteiger partial charge on any atom is 0.129 e. The molecule has 4 nitrogen and oxygen atoms in total. The van der Waals surface area contributed by atoms with Crippen LogP contribution >= 0.6 is 11.6 Å². The summed E-state index contributed by atoms with van der Waals surface area (Å²) in [6, 6.07) is 2.09. The minimum atomic E-state index is 0.253. The van der Waals surface area contributed by atoms with Crippen molar-refractivity contribution in [2.45, 2.75) is 33.4 Å². The van der Waals surface area contributed by atoms with Gasteiger partial charge in [0.25, 0.3) is 0 Å². The number of nitrogens with zero attached hydrogens (tertiary/aromatic N) is 2. The maximum absolute atomic E-state index is 6.23. The predicted octanol–water partition coefficient (Wildman–Crippen LogP) is 2.71. The third-order valence-corrected chi connectivity index (χ3v) is 3.69. The molecule has 1 atom stereocenters. The van der Waals surface area contributed by atoms with Gasteiger partial charge in [0.05, 0.1) is 17.7 Å². The molecule has 1 unspecified atom stereocenters. The van der Waals surface area contributed by atoms with E-state index in [-0.39, 0.29) is 6.10 Å². The van der Waals surface area contributed by atoms with Crippen LogP contribution in [0.1, 0.15) is 26.3 Å². The number of pyridine rings is 1.